The first-order valence-corrected chi connectivity index (χ1v) is 25.8. The van der Waals surface area contributed by atoms with Crippen molar-refractivity contribution in [2.75, 3.05) is 18.6 Å². The molecule has 0 radical (unpaired) electrons. The standard InChI is InChI=1S/C47H79NO14S/c1-12-32(43(51)52)35-16-15-26(4)40(59-35)30(8)38(49)29(7)39(50)33(13-2)41-27(5)25-28(6)47(61-41)22-17-34(48-44(53)57-23-24-63(11,55)56)42(62-47)36-18-20-45(10,60-36)37-19-21-46(54,14-3)31(9)58-37/h17,22,26-38,40-42,49,54H,12-16,18-21,23-25H2,1-11H3,(H,48,53)(H,51,52)/t26-,27-,28+,29-,30-,31-,32+,33-,34+,35+,36?,37+,38+,40+,41-,42?,45-,46+,47-/m0/s1. The van der Waals surface area contributed by atoms with Gasteiger partial charge in [-0.1, -0.05) is 61.5 Å². The van der Waals surface area contributed by atoms with E-state index in [2.05, 4.69) is 12.2 Å². The van der Waals surface area contributed by atoms with Gasteiger partial charge in [0, 0.05) is 29.9 Å². The summed E-state index contributed by atoms with van der Waals surface area (Å²) in [4.78, 5) is 39.8. The molecule has 5 aliphatic rings. The number of aliphatic hydroxyl groups excluding tert-OH is 1. The molecule has 2 unspecified atom stereocenters. The second kappa shape index (κ2) is 20.8. The highest BCUT2D eigenvalue weighted by Crippen LogP contribution is 2.49. The Kier molecular flexibility index (Phi) is 17.1. The average Bonchev–Trinajstić information content (AvgIpc) is 3.63. The van der Waals surface area contributed by atoms with Crippen LogP contribution in [0.3, 0.4) is 0 Å². The van der Waals surface area contributed by atoms with Crippen LogP contribution in [-0.4, -0.2) is 132 Å². The summed E-state index contributed by atoms with van der Waals surface area (Å²) in [5.41, 5.74) is -1.63. The molecule has 5 rings (SSSR count). The number of carboxylic acids is 1. The molecule has 63 heavy (non-hydrogen) atoms. The van der Waals surface area contributed by atoms with Crippen LogP contribution in [0.1, 0.15) is 133 Å². The van der Waals surface area contributed by atoms with Gasteiger partial charge < -0.3 is 49.1 Å². The van der Waals surface area contributed by atoms with Crippen LogP contribution >= 0.6 is 0 Å². The number of carbonyl (C=O) groups excluding carboxylic acids is 2. The van der Waals surface area contributed by atoms with Gasteiger partial charge in [-0.15, -0.1) is 0 Å². The van der Waals surface area contributed by atoms with Crippen LogP contribution in [0, 0.1) is 41.4 Å². The first-order valence-electron chi connectivity index (χ1n) is 23.7. The minimum absolute atomic E-state index is 0.0555. The van der Waals surface area contributed by atoms with E-state index in [1.54, 1.807) is 13.0 Å². The molecule has 5 heterocycles. The van der Waals surface area contributed by atoms with Gasteiger partial charge in [-0.25, -0.2) is 13.2 Å². The molecule has 16 heteroatoms. The van der Waals surface area contributed by atoms with E-state index in [-0.39, 0.29) is 48.1 Å². The number of hydrogen-bond donors (Lipinski definition) is 4. The number of aliphatic carboxylic acids is 1. The summed E-state index contributed by atoms with van der Waals surface area (Å²) < 4.78 is 62.7. The molecule has 4 saturated heterocycles. The number of alkyl carbamates (subject to hydrolysis) is 1. The molecule has 4 fully saturated rings. The van der Waals surface area contributed by atoms with Gasteiger partial charge >= 0.3 is 12.1 Å². The Morgan fingerprint density at radius 1 is 0.905 bits per heavy atom. The monoisotopic (exact) mass is 914 g/mol. The first-order chi connectivity index (χ1) is 29.4. The topological polar surface area (TPSA) is 213 Å². The van der Waals surface area contributed by atoms with Crippen LogP contribution in [-0.2, 0) is 47.8 Å². The normalized spacial score (nSPS) is 41.0. The van der Waals surface area contributed by atoms with Crippen LogP contribution < -0.4 is 5.32 Å². The maximum absolute atomic E-state index is 14.6. The van der Waals surface area contributed by atoms with Crippen molar-refractivity contribution in [2.45, 2.75) is 205 Å². The number of nitrogens with one attached hydrogen (secondary N) is 1. The highest BCUT2D eigenvalue weighted by atomic mass is 32.2. The lowest BCUT2D eigenvalue weighted by Gasteiger charge is -2.52. The number of carbonyl (C=O) groups is 3. The summed E-state index contributed by atoms with van der Waals surface area (Å²) >= 11 is 0. The summed E-state index contributed by atoms with van der Waals surface area (Å²) in [5, 5.41) is 35.7. The van der Waals surface area contributed by atoms with Crippen molar-refractivity contribution >= 4 is 27.7 Å². The Balaban J connectivity index is 1.36. The molecule has 15 nitrogen and oxygen atoms in total. The van der Waals surface area contributed by atoms with E-state index in [0.29, 0.717) is 57.8 Å². The number of amides is 1. The van der Waals surface area contributed by atoms with Gasteiger partial charge in [-0.3, -0.25) is 9.59 Å². The average molecular weight is 914 g/mol. The van der Waals surface area contributed by atoms with E-state index in [4.69, 9.17) is 28.4 Å². The van der Waals surface area contributed by atoms with Gasteiger partial charge in [-0.05, 0) is 96.0 Å². The van der Waals surface area contributed by atoms with Crippen LogP contribution in [0.25, 0.3) is 0 Å². The van der Waals surface area contributed by atoms with Gasteiger partial charge in [0.1, 0.15) is 18.5 Å². The molecule has 0 saturated carbocycles. The Hall–Kier alpha value is -2.18. The molecule has 19 atom stereocenters. The number of sulfone groups is 1. The summed E-state index contributed by atoms with van der Waals surface area (Å²) in [7, 11) is -3.36. The predicted molar refractivity (Wildman–Crippen MR) is 235 cm³/mol. The van der Waals surface area contributed by atoms with Crippen molar-refractivity contribution in [3.05, 3.63) is 12.2 Å². The lowest BCUT2D eigenvalue weighted by atomic mass is 9.72. The number of rotatable bonds is 17. The van der Waals surface area contributed by atoms with Crippen LogP contribution in [0.4, 0.5) is 4.79 Å². The van der Waals surface area contributed by atoms with Crippen molar-refractivity contribution in [3.8, 4) is 0 Å². The molecule has 362 valence electrons. The quantitative estimate of drug-likeness (QED) is 0.123. The van der Waals surface area contributed by atoms with Gasteiger partial charge in [-0.2, -0.15) is 0 Å². The lowest BCUT2D eigenvalue weighted by Crippen LogP contribution is -2.62. The van der Waals surface area contributed by atoms with Crippen LogP contribution in [0.2, 0.25) is 0 Å². The molecule has 0 aromatic carbocycles. The molecule has 1 spiro atoms. The minimum atomic E-state index is -3.36. The second-order valence-corrected chi connectivity index (χ2v) is 22.4. The molecule has 5 aliphatic heterocycles. The number of hydrogen-bond acceptors (Lipinski definition) is 13. The molecule has 0 bridgehead atoms. The Bertz CT molecular complexity index is 1730. The lowest BCUT2D eigenvalue weighted by molar-refractivity contribution is -0.327. The zero-order valence-corrected chi connectivity index (χ0v) is 40.4. The fraction of sp³-hybridized carbons (Fsp3) is 0.894. The molecular weight excluding hydrogens is 835 g/mol. The predicted octanol–water partition coefficient (Wildman–Crippen LogP) is 6.01. The third kappa shape index (κ3) is 11.5. The fourth-order valence-electron chi connectivity index (χ4n) is 11.3. The largest absolute Gasteiger partial charge is 0.481 e. The van der Waals surface area contributed by atoms with Crippen LogP contribution in [0.15, 0.2) is 12.2 Å². The van der Waals surface area contributed by atoms with Crippen LogP contribution in [0.5, 0.6) is 0 Å². The van der Waals surface area contributed by atoms with Gasteiger partial charge in [0.05, 0.1) is 71.6 Å². The Labute approximate surface area is 376 Å². The Morgan fingerprint density at radius 3 is 2.19 bits per heavy atom. The summed E-state index contributed by atoms with van der Waals surface area (Å²) in [6.07, 6.45) is 5.27. The number of aliphatic hydroxyl groups is 2. The molecule has 1 amide bonds. The molecule has 0 aromatic heterocycles. The second-order valence-electron chi connectivity index (χ2n) is 20.2. The van der Waals surface area contributed by atoms with E-state index in [1.165, 1.54) is 0 Å². The highest BCUT2D eigenvalue weighted by molar-refractivity contribution is 7.90. The maximum Gasteiger partial charge on any atom is 0.407 e. The van der Waals surface area contributed by atoms with Crippen molar-refractivity contribution in [3.63, 3.8) is 0 Å². The van der Waals surface area contributed by atoms with E-state index < -0.39 is 105 Å². The smallest absolute Gasteiger partial charge is 0.407 e. The Morgan fingerprint density at radius 2 is 1.59 bits per heavy atom. The first kappa shape index (κ1) is 51.8. The van der Waals surface area contributed by atoms with E-state index >= 15 is 0 Å². The third-order valence-corrected chi connectivity index (χ3v) is 16.6. The highest BCUT2D eigenvalue weighted by Gasteiger charge is 2.57. The fourth-order valence-corrected chi connectivity index (χ4v) is 11.7. The summed E-state index contributed by atoms with van der Waals surface area (Å²) in [6.45, 7) is 19.1. The molecule has 0 aliphatic carbocycles. The molecule has 4 N–H and O–H groups in total. The molecular formula is C47H79NO14S. The van der Waals surface area contributed by atoms with Crippen molar-refractivity contribution in [1.82, 2.24) is 5.32 Å². The van der Waals surface area contributed by atoms with E-state index in [9.17, 15) is 38.1 Å². The van der Waals surface area contributed by atoms with Crippen molar-refractivity contribution < 1.29 is 66.5 Å². The van der Waals surface area contributed by atoms with Crippen molar-refractivity contribution in [1.29, 1.82) is 0 Å². The van der Waals surface area contributed by atoms with Gasteiger partial charge in [0.2, 0.25) is 0 Å². The zero-order chi connectivity index (χ0) is 46.8. The van der Waals surface area contributed by atoms with Crippen molar-refractivity contribution in [2.24, 2.45) is 41.4 Å². The maximum atomic E-state index is 14.6. The van der Waals surface area contributed by atoms with E-state index in [1.807, 2.05) is 61.5 Å². The minimum Gasteiger partial charge on any atom is -0.481 e. The zero-order valence-electron chi connectivity index (χ0n) is 39.6. The van der Waals surface area contributed by atoms with Gasteiger partial charge in [0.15, 0.2) is 15.6 Å². The summed E-state index contributed by atoms with van der Waals surface area (Å²) in [6, 6.07) is -0.744. The number of ketones is 1. The van der Waals surface area contributed by atoms with Gasteiger partial charge in [0.25, 0.3) is 0 Å². The molecule has 0 aromatic rings. The third-order valence-electron chi connectivity index (χ3n) is 15.7. The number of Topliss-reactive ketones (excluding diaryl/α,β-unsaturated/α-hetero) is 1. The SMILES string of the molecule is CC[C@@H](C(=O)[C@@H](C)[C@@H](O)[C@H](C)[C@@H]1O[C@@H]([C@@H](CC)C(=O)O)CC[C@@H]1C)[C@H]1O[C@]2(C=C[C@@H](NC(=O)OCCS(C)(=O)=O)C(C3CC[C@@](C)([C@H]4CC[C@](O)(CC)[C@H](C)O4)O3)O2)[C@H](C)C[C@@H]1C. The number of ether oxygens (including phenoxy) is 6. The van der Waals surface area contributed by atoms with E-state index in [0.717, 1.165) is 12.7 Å². The summed E-state index contributed by atoms with van der Waals surface area (Å²) in [5.74, 6) is -5.26. The number of carboxylic acid groups (broad SMARTS) is 1.